The predicted octanol–water partition coefficient (Wildman–Crippen LogP) is 3.75. The predicted molar refractivity (Wildman–Crippen MR) is 118 cm³/mol. The first-order valence-corrected chi connectivity index (χ1v) is 10.8. The number of methoxy groups -OCH3 is 2. The highest BCUT2D eigenvalue weighted by atomic mass is 16.5. The summed E-state index contributed by atoms with van der Waals surface area (Å²) in [6, 6.07) is 15.5. The fourth-order valence-electron chi connectivity index (χ4n) is 4.88. The molecular formula is C24H27N3O4. The van der Waals surface area contributed by atoms with Crippen molar-refractivity contribution in [1.82, 2.24) is 4.90 Å². The molecule has 7 heteroatoms. The molecule has 3 saturated heterocycles. The van der Waals surface area contributed by atoms with Crippen molar-refractivity contribution in [3.05, 3.63) is 48.5 Å². The van der Waals surface area contributed by atoms with E-state index >= 15 is 0 Å². The monoisotopic (exact) mass is 421 g/mol. The van der Waals surface area contributed by atoms with E-state index in [-0.39, 0.29) is 5.91 Å². The van der Waals surface area contributed by atoms with E-state index in [0.29, 0.717) is 25.5 Å². The van der Waals surface area contributed by atoms with Crippen molar-refractivity contribution in [3.63, 3.8) is 0 Å². The van der Waals surface area contributed by atoms with Crippen LogP contribution in [0.3, 0.4) is 0 Å². The van der Waals surface area contributed by atoms with Crippen molar-refractivity contribution in [1.29, 1.82) is 0 Å². The summed E-state index contributed by atoms with van der Waals surface area (Å²) >= 11 is 0. The van der Waals surface area contributed by atoms with Crippen molar-refractivity contribution in [3.8, 4) is 11.5 Å². The van der Waals surface area contributed by atoms with Crippen LogP contribution >= 0.6 is 0 Å². The van der Waals surface area contributed by atoms with Crippen molar-refractivity contribution in [2.45, 2.75) is 37.5 Å². The van der Waals surface area contributed by atoms with Crippen LogP contribution in [-0.4, -0.2) is 55.8 Å². The van der Waals surface area contributed by atoms with Gasteiger partial charge in [0.2, 0.25) is 11.6 Å². The van der Waals surface area contributed by atoms with Crippen LogP contribution in [0.1, 0.15) is 25.7 Å². The van der Waals surface area contributed by atoms with Gasteiger partial charge in [-0.15, -0.1) is 0 Å². The second kappa shape index (κ2) is 7.89. The lowest BCUT2D eigenvalue weighted by atomic mass is 10.0. The Morgan fingerprint density at radius 2 is 1.71 bits per heavy atom. The Morgan fingerprint density at radius 3 is 2.39 bits per heavy atom. The van der Waals surface area contributed by atoms with Gasteiger partial charge in [-0.05, 0) is 61.4 Å². The minimum Gasteiger partial charge on any atom is -0.497 e. The van der Waals surface area contributed by atoms with Crippen LogP contribution in [-0.2, 0) is 9.53 Å². The zero-order valence-corrected chi connectivity index (χ0v) is 17.9. The van der Waals surface area contributed by atoms with E-state index in [1.807, 2.05) is 48.5 Å². The Labute approximate surface area is 182 Å². The molecule has 162 valence electrons. The summed E-state index contributed by atoms with van der Waals surface area (Å²) in [5.41, 5.74) is 0.718. The third-order valence-electron chi connectivity index (χ3n) is 6.44. The van der Waals surface area contributed by atoms with Gasteiger partial charge in [0.15, 0.2) is 5.84 Å². The van der Waals surface area contributed by atoms with Crippen LogP contribution in [0.25, 0.3) is 0 Å². The van der Waals surface area contributed by atoms with E-state index < -0.39 is 5.72 Å². The third-order valence-corrected chi connectivity index (χ3v) is 6.44. The molecule has 1 amide bonds. The minimum absolute atomic E-state index is 0.0465. The van der Waals surface area contributed by atoms with Gasteiger partial charge in [-0.2, -0.15) is 0 Å². The highest BCUT2D eigenvalue weighted by Crippen LogP contribution is 2.43. The van der Waals surface area contributed by atoms with Crippen molar-refractivity contribution in [2.75, 3.05) is 32.3 Å². The average molecular weight is 421 g/mol. The lowest BCUT2D eigenvalue weighted by Gasteiger charge is -2.48. The van der Waals surface area contributed by atoms with E-state index in [4.69, 9.17) is 19.2 Å². The van der Waals surface area contributed by atoms with Gasteiger partial charge in [0.05, 0.1) is 32.6 Å². The molecule has 2 aromatic rings. The molecule has 7 nitrogen and oxygen atoms in total. The van der Waals surface area contributed by atoms with Gasteiger partial charge in [-0.1, -0.05) is 0 Å². The topological polar surface area (TPSA) is 63.6 Å². The Hall–Kier alpha value is -3.06. The van der Waals surface area contributed by atoms with Gasteiger partial charge in [-0.3, -0.25) is 9.69 Å². The lowest BCUT2D eigenvalue weighted by Crippen LogP contribution is -2.65. The highest BCUT2D eigenvalue weighted by molar-refractivity contribution is 6.08. The Balaban J connectivity index is 1.60. The number of amidine groups is 1. The zero-order chi connectivity index (χ0) is 21.4. The maximum absolute atomic E-state index is 13.1. The summed E-state index contributed by atoms with van der Waals surface area (Å²) < 4.78 is 17.1. The standard InChI is InChI=1S/C24H27N3O4/c1-29-20-9-5-17(6-10-20)25-23-24(31-16-19-4-3-15-26(19)23)14-13-22(28)27(24)18-7-11-21(30-2)12-8-18/h5-12,19H,3-4,13-16H2,1-2H3/t19-,24?/m0/s1. The molecule has 3 fully saturated rings. The number of rotatable bonds is 4. The molecule has 0 radical (unpaired) electrons. The van der Waals surface area contributed by atoms with Crippen LogP contribution < -0.4 is 14.4 Å². The zero-order valence-electron chi connectivity index (χ0n) is 17.9. The maximum atomic E-state index is 13.1. The molecule has 5 rings (SSSR count). The fraction of sp³-hybridized carbons (Fsp3) is 0.417. The van der Waals surface area contributed by atoms with Gasteiger partial charge in [0.25, 0.3) is 0 Å². The van der Waals surface area contributed by atoms with E-state index in [9.17, 15) is 4.79 Å². The van der Waals surface area contributed by atoms with Crippen LogP contribution in [0.5, 0.6) is 11.5 Å². The second-order valence-electron chi connectivity index (χ2n) is 8.15. The molecule has 2 atom stereocenters. The molecule has 1 spiro atoms. The summed E-state index contributed by atoms with van der Waals surface area (Å²) in [6.07, 6.45) is 3.18. The fourth-order valence-corrected chi connectivity index (χ4v) is 4.88. The van der Waals surface area contributed by atoms with Gasteiger partial charge >= 0.3 is 0 Å². The number of morpholine rings is 1. The molecule has 0 saturated carbocycles. The lowest BCUT2D eigenvalue weighted by molar-refractivity contribution is -0.119. The van der Waals surface area contributed by atoms with Crippen molar-refractivity contribution >= 4 is 23.1 Å². The number of nitrogens with zero attached hydrogens (tertiary/aromatic N) is 3. The number of fused-ring (bicyclic) bond motifs is 1. The molecule has 31 heavy (non-hydrogen) atoms. The first kappa shape index (κ1) is 19.9. The van der Waals surface area contributed by atoms with Crippen molar-refractivity contribution in [2.24, 2.45) is 4.99 Å². The summed E-state index contributed by atoms with van der Waals surface area (Å²) in [7, 11) is 3.28. The first-order valence-electron chi connectivity index (χ1n) is 10.8. The van der Waals surface area contributed by atoms with E-state index in [0.717, 1.165) is 48.1 Å². The molecule has 0 aromatic heterocycles. The summed E-state index contributed by atoms with van der Waals surface area (Å²) in [4.78, 5) is 22.3. The third kappa shape index (κ3) is 3.33. The molecule has 0 aliphatic carbocycles. The summed E-state index contributed by atoms with van der Waals surface area (Å²) in [5.74, 6) is 2.41. The average Bonchev–Trinajstić information content (AvgIpc) is 3.41. The number of ether oxygens (including phenoxy) is 3. The molecule has 0 N–H and O–H groups in total. The first-order chi connectivity index (χ1) is 15.1. The van der Waals surface area contributed by atoms with Gasteiger partial charge in [0, 0.05) is 25.1 Å². The second-order valence-corrected chi connectivity index (χ2v) is 8.15. The number of aliphatic imine (C=N–C) groups is 1. The number of hydrogen-bond donors (Lipinski definition) is 0. The molecule has 1 unspecified atom stereocenters. The van der Waals surface area contributed by atoms with Gasteiger partial charge in [-0.25, -0.2) is 4.99 Å². The molecule has 3 heterocycles. The normalized spacial score (nSPS) is 26.6. The number of hydrogen-bond acceptors (Lipinski definition) is 5. The largest absolute Gasteiger partial charge is 0.497 e. The van der Waals surface area contributed by atoms with Crippen LogP contribution in [0.2, 0.25) is 0 Å². The molecule has 2 aromatic carbocycles. The molecular weight excluding hydrogens is 394 g/mol. The van der Waals surface area contributed by atoms with E-state index in [1.54, 1.807) is 19.1 Å². The van der Waals surface area contributed by atoms with Crippen LogP contribution in [0.4, 0.5) is 11.4 Å². The number of carbonyl (C=O) groups is 1. The molecule has 0 bridgehead atoms. The minimum atomic E-state index is -0.896. The van der Waals surface area contributed by atoms with Crippen molar-refractivity contribution < 1.29 is 19.0 Å². The summed E-state index contributed by atoms with van der Waals surface area (Å²) in [6.45, 7) is 1.52. The number of benzene rings is 2. The van der Waals surface area contributed by atoms with Crippen LogP contribution in [0, 0.1) is 0 Å². The maximum Gasteiger partial charge on any atom is 0.229 e. The van der Waals surface area contributed by atoms with Gasteiger partial charge < -0.3 is 19.1 Å². The van der Waals surface area contributed by atoms with E-state index in [2.05, 4.69) is 4.90 Å². The van der Waals surface area contributed by atoms with E-state index in [1.165, 1.54) is 0 Å². The number of carbonyl (C=O) groups excluding carboxylic acids is 1. The van der Waals surface area contributed by atoms with Crippen LogP contribution in [0.15, 0.2) is 53.5 Å². The molecule has 3 aliphatic heterocycles. The molecule has 3 aliphatic rings. The number of amides is 1. The SMILES string of the molecule is COc1ccc(N=C2N3CCC[C@H]3COC23CCC(=O)N3c2ccc(OC)cc2)cc1. The van der Waals surface area contributed by atoms with Gasteiger partial charge in [0.1, 0.15) is 11.5 Å². The summed E-state index contributed by atoms with van der Waals surface area (Å²) in [5, 5.41) is 0. The Bertz CT molecular complexity index is 989. The Morgan fingerprint density at radius 1 is 1.03 bits per heavy atom. The Kier molecular flexibility index (Phi) is 5.06. The quantitative estimate of drug-likeness (QED) is 0.752. The smallest absolute Gasteiger partial charge is 0.229 e. The number of anilines is 1. The highest BCUT2D eigenvalue weighted by Gasteiger charge is 2.57.